The summed E-state index contributed by atoms with van der Waals surface area (Å²) < 4.78 is 1.21. The van der Waals surface area contributed by atoms with Crippen LogP contribution >= 0.6 is 34.2 Å². The molecule has 0 heterocycles. The van der Waals surface area contributed by atoms with E-state index in [0.29, 0.717) is 0 Å². The summed E-state index contributed by atoms with van der Waals surface area (Å²) in [5.74, 6) is 0. The molecule has 0 saturated carbocycles. The number of halogens is 2. The van der Waals surface area contributed by atoms with Crippen molar-refractivity contribution in [1.82, 2.24) is 0 Å². The van der Waals surface area contributed by atoms with Gasteiger partial charge < -0.3 is 0 Å². The molecule has 0 aliphatic rings. The summed E-state index contributed by atoms with van der Waals surface area (Å²) in [4.78, 5) is 0. The van der Waals surface area contributed by atoms with Gasteiger partial charge in [-0.05, 0) is 59.2 Å². The zero-order valence-corrected chi connectivity index (χ0v) is 12.8. The minimum atomic E-state index is -0.0667. The van der Waals surface area contributed by atoms with Gasteiger partial charge in [0.1, 0.15) is 0 Å². The van der Waals surface area contributed by atoms with Gasteiger partial charge in [0.2, 0.25) is 0 Å². The zero-order chi connectivity index (χ0) is 12.4. The fourth-order valence-corrected chi connectivity index (χ4v) is 3.19. The van der Waals surface area contributed by atoms with Gasteiger partial charge in [0.05, 0.1) is 5.38 Å². The summed E-state index contributed by atoms with van der Waals surface area (Å²) in [6.45, 7) is 4.21. The van der Waals surface area contributed by atoms with E-state index in [4.69, 9.17) is 11.6 Å². The van der Waals surface area contributed by atoms with Crippen molar-refractivity contribution in [1.29, 1.82) is 0 Å². The molecule has 0 aliphatic heterocycles. The fraction of sp³-hybridized carbons (Fsp3) is 0.200. The van der Waals surface area contributed by atoms with E-state index in [9.17, 15) is 0 Å². The largest absolute Gasteiger partial charge is 0.113 e. The minimum absolute atomic E-state index is 0.0667. The first-order valence-corrected chi connectivity index (χ1v) is 7.07. The molecule has 0 nitrogen and oxygen atoms in total. The van der Waals surface area contributed by atoms with Crippen molar-refractivity contribution in [2.24, 2.45) is 0 Å². The second-order valence-corrected chi connectivity index (χ2v) is 5.84. The predicted molar refractivity (Wildman–Crippen MR) is 82.8 cm³/mol. The van der Waals surface area contributed by atoms with Crippen LogP contribution in [0, 0.1) is 17.4 Å². The van der Waals surface area contributed by atoms with Crippen LogP contribution in [0.2, 0.25) is 0 Å². The normalized spacial score (nSPS) is 12.5. The van der Waals surface area contributed by atoms with Crippen molar-refractivity contribution in [3.63, 3.8) is 0 Å². The van der Waals surface area contributed by atoms with E-state index in [1.807, 2.05) is 12.1 Å². The first-order chi connectivity index (χ1) is 8.09. The van der Waals surface area contributed by atoms with Crippen molar-refractivity contribution >= 4 is 34.2 Å². The van der Waals surface area contributed by atoms with Gasteiger partial charge in [0.15, 0.2) is 0 Å². The minimum Gasteiger partial charge on any atom is -0.113 e. The number of benzene rings is 2. The van der Waals surface area contributed by atoms with Crippen molar-refractivity contribution in [2.45, 2.75) is 19.2 Å². The van der Waals surface area contributed by atoms with Gasteiger partial charge >= 0.3 is 0 Å². The van der Waals surface area contributed by atoms with E-state index in [1.165, 1.54) is 25.8 Å². The maximum atomic E-state index is 6.61. The molecule has 1 unspecified atom stereocenters. The Labute approximate surface area is 121 Å². The first kappa shape index (κ1) is 12.9. The summed E-state index contributed by atoms with van der Waals surface area (Å²) in [5, 5.41) is -0.0667. The lowest BCUT2D eigenvalue weighted by atomic mass is 9.98. The van der Waals surface area contributed by atoms with Crippen molar-refractivity contribution in [2.75, 3.05) is 0 Å². The summed E-state index contributed by atoms with van der Waals surface area (Å²) in [6, 6.07) is 14.7. The Kier molecular flexibility index (Phi) is 4.10. The lowest BCUT2D eigenvalue weighted by molar-refractivity contribution is 1.09. The standard InChI is InChI=1S/C15H14ClI/c1-10-7-8-11(2)13(9-10)15(16)12-5-3-4-6-14(12)17/h3-9,15H,1-2H3. The highest BCUT2D eigenvalue weighted by molar-refractivity contribution is 14.1. The Morgan fingerprint density at radius 2 is 1.71 bits per heavy atom. The quantitative estimate of drug-likeness (QED) is 0.510. The Balaban J connectivity index is 2.47. The SMILES string of the molecule is Cc1ccc(C)c(C(Cl)c2ccccc2I)c1. The molecule has 0 saturated heterocycles. The van der Waals surface area contributed by atoms with Crippen LogP contribution in [0.3, 0.4) is 0 Å². The highest BCUT2D eigenvalue weighted by Crippen LogP contribution is 2.33. The molecule has 2 heteroatoms. The molecule has 0 amide bonds. The third-order valence-electron chi connectivity index (χ3n) is 2.89. The maximum Gasteiger partial charge on any atom is 0.0848 e. The van der Waals surface area contributed by atoms with E-state index in [0.717, 1.165) is 0 Å². The van der Waals surface area contributed by atoms with Gasteiger partial charge in [-0.15, -0.1) is 11.6 Å². The monoisotopic (exact) mass is 356 g/mol. The molecule has 0 aliphatic carbocycles. The molecule has 0 N–H and O–H groups in total. The average Bonchev–Trinajstić information content (AvgIpc) is 2.32. The van der Waals surface area contributed by atoms with Crippen molar-refractivity contribution in [3.05, 3.63) is 68.3 Å². The van der Waals surface area contributed by atoms with Gasteiger partial charge in [-0.3, -0.25) is 0 Å². The second-order valence-electron chi connectivity index (χ2n) is 4.24. The van der Waals surface area contributed by atoms with E-state index in [-0.39, 0.29) is 5.38 Å². The van der Waals surface area contributed by atoms with E-state index < -0.39 is 0 Å². The number of hydrogen-bond acceptors (Lipinski definition) is 0. The number of alkyl halides is 1. The fourth-order valence-electron chi connectivity index (χ4n) is 1.88. The van der Waals surface area contributed by atoms with Crippen LogP contribution in [0.5, 0.6) is 0 Å². The molecule has 0 bridgehead atoms. The molecular formula is C15H14ClI. The summed E-state index contributed by atoms with van der Waals surface area (Å²) in [6.07, 6.45) is 0. The predicted octanol–water partition coefficient (Wildman–Crippen LogP) is 5.24. The molecule has 0 radical (unpaired) electrons. The molecular weight excluding hydrogens is 343 g/mol. The van der Waals surface area contributed by atoms with Crippen molar-refractivity contribution < 1.29 is 0 Å². The van der Waals surface area contributed by atoms with Crippen LogP contribution in [0.4, 0.5) is 0 Å². The molecule has 0 spiro atoms. The zero-order valence-electron chi connectivity index (χ0n) is 9.87. The van der Waals surface area contributed by atoms with Crippen LogP contribution < -0.4 is 0 Å². The highest BCUT2D eigenvalue weighted by Gasteiger charge is 2.15. The molecule has 0 aromatic heterocycles. The first-order valence-electron chi connectivity index (χ1n) is 5.55. The second kappa shape index (κ2) is 5.40. The van der Waals surface area contributed by atoms with E-state index in [1.54, 1.807) is 0 Å². The van der Waals surface area contributed by atoms with Gasteiger partial charge in [0, 0.05) is 3.57 Å². The molecule has 2 aromatic rings. The van der Waals surface area contributed by atoms with E-state index >= 15 is 0 Å². The Morgan fingerprint density at radius 3 is 2.41 bits per heavy atom. The smallest absolute Gasteiger partial charge is 0.0848 e. The van der Waals surface area contributed by atoms with Crippen LogP contribution in [0.25, 0.3) is 0 Å². The third kappa shape index (κ3) is 2.83. The van der Waals surface area contributed by atoms with Gasteiger partial charge in [-0.1, -0.05) is 42.0 Å². The van der Waals surface area contributed by atoms with Crippen LogP contribution in [-0.4, -0.2) is 0 Å². The average molecular weight is 357 g/mol. The molecule has 0 fully saturated rings. The Bertz CT molecular complexity index is 534. The highest BCUT2D eigenvalue weighted by atomic mass is 127. The van der Waals surface area contributed by atoms with Gasteiger partial charge in [-0.25, -0.2) is 0 Å². The molecule has 2 aromatic carbocycles. The lowest BCUT2D eigenvalue weighted by Gasteiger charge is -2.15. The van der Waals surface area contributed by atoms with Crippen LogP contribution in [-0.2, 0) is 0 Å². The van der Waals surface area contributed by atoms with Gasteiger partial charge in [0.25, 0.3) is 0 Å². The number of rotatable bonds is 2. The van der Waals surface area contributed by atoms with Gasteiger partial charge in [-0.2, -0.15) is 0 Å². The van der Waals surface area contributed by atoms with Crippen LogP contribution in [0.15, 0.2) is 42.5 Å². The molecule has 2 rings (SSSR count). The number of aryl methyl sites for hydroxylation is 2. The number of hydrogen-bond donors (Lipinski definition) is 0. The molecule has 17 heavy (non-hydrogen) atoms. The van der Waals surface area contributed by atoms with E-state index in [2.05, 4.69) is 66.8 Å². The third-order valence-corrected chi connectivity index (χ3v) is 4.34. The Hall–Kier alpha value is -0.540. The van der Waals surface area contributed by atoms with Crippen molar-refractivity contribution in [3.8, 4) is 0 Å². The molecule has 1 atom stereocenters. The van der Waals surface area contributed by atoms with Crippen LogP contribution in [0.1, 0.15) is 27.6 Å². The summed E-state index contributed by atoms with van der Waals surface area (Å²) >= 11 is 8.95. The Morgan fingerprint density at radius 1 is 1.00 bits per heavy atom. The maximum absolute atomic E-state index is 6.61. The summed E-state index contributed by atoms with van der Waals surface area (Å²) in [7, 11) is 0. The topological polar surface area (TPSA) is 0 Å². The molecule has 88 valence electrons. The summed E-state index contributed by atoms with van der Waals surface area (Å²) in [5.41, 5.74) is 4.89. The lowest BCUT2D eigenvalue weighted by Crippen LogP contribution is -1.99.